The molecule has 0 aliphatic heterocycles. The maximum absolute atomic E-state index is 6.16. The third kappa shape index (κ3) is 3.87. The fourth-order valence-corrected chi connectivity index (χ4v) is 2.63. The number of aryl methyl sites for hydroxylation is 3. The molecule has 0 spiro atoms. The Kier molecular flexibility index (Phi) is 5.44. The van der Waals surface area contributed by atoms with E-state index in [0.29, 0.717) is 0 Å². The summed E-state index contributed by atoms with van der Waals surface area (Å²) in [5.74, 6) is 0. The minimum Gasteiger partial charge on any atom is -0.306 e. The van der Waals surface area contributed by atoms with E-state index in [1.165, 1.54) is 22.3 Å². The predicted molar refractivity (Wildman–Crippen MR) is 92.2 cm³/mol. The molecule has 1 unspecified atom stereocenters. The standard InChI is InChI=1S/C19H24ClN/c1-5-10-21-19(16-7-6-13(2)14(3)11-16)17-8-9-18(20)15(4)12-17/h6-9,11-12,19,21H,5,10H2,1-4H3. The van der Waals surface area contributed by atoms with Gasteiger partial charge in [-0.3, -0.25) is 0 Å². The number of benzene rings is 2. The molecule has 2 aromatic rings. The van der Waals surface area contributed by atoms with E-state index in [1.807, 2.05) is 6.07 Å². The minimum atomic E-state index is 0.222. The van der Waals surface area contributed by atoms with Crippen molar-refractivity contribution in [3.63, 3.8) is 0 Å². The van der Waals surface area contributed by atoms with E-state index in [1.54, 1.807) is 0 Å². The normalized spacial score (nSPS) is 12.4. The summed E-state index contributed by atoms with van der Waals surface area (Å²) < 4.78 is 0. The van der Waals surface area contributed by atoms with Crippen LogP contribution in [0.4, 0.5) is 0 Å². The Morgan fingerprint density at radius 1 is 0.905 bits per heavy atom. The summed E-state index contributed by atoms with van der Waals surface area (Å²) in [6.45, 7) is 9.57. The van der Waals surface area contributed by atoms with Gasteiger partial charge in [0.15, 0.2) is 0 Å². The van der Waals surface area contributed by atoms with Gasteiger partial charge in [0, 0.05) is 5.02 Å². The molecule has 112 valence electrons. The van der Waals surface area contributed by atoms with E-state index in [-0.39, 0.29) is 6.04 Å². The molecule has 1 N–H and O–H groups in total. The van der Waals surface area contributed by atoms with E-state index in [4.69, 9.17) is 11.6 Å². The molecule has 1 nitrogen and oxygen atoms in total. The van der Waals surface area contributed by atoms with Gasteiger partial charge in [-0.15, -0.1) is 0 Å². The lowest BCUT2D eigenvalue weighted by Gasteiger charge is -2.21. The van der Waals surface area contributed by atoms with Crippen LogP contribution in [-0.4, -0.2) is 6.54 Å². The van der Waals surface area contributed by atoms with E-state index < -0.39 is 0 Å². The zero-order chi connectivity index (χ0) is 15.4. The predicted octanol–water partition coefficient (Wildman–Crippen LogP) is 5.35. The number of nitrogens with one attached hydrogen (secondary N) is 1. The fourth-order valence-electron chi connectivity index (χ4n) is 2.51. The number of rotatable bonds is 5. The van der Waals surface area contributed by atoms with Crippen molar-refractivity contribution >= 4 is 11.6 Å². The van der Waals surface area contributed by atoms with Gasteiger partial charge >= 0.3 is 0 Å². The van der Waals surface area contributed by atoms with Crippen molar-refractivity contribution in [2.75, 3.05) is 6.54 Å². The highest BCUT2D eigenvalue weighted by atomic mass is 35.5. The fraction of sp³-hybridized carbons (Fsp3) is 0.368. The Labute approximate surface area is 133 Å². The van der Waals surface area contributed by atoms with Crippen molar-refractivity contribution in [3.8, 4) is 0 Å². The lowest BCUT2D eigenvalue weighted by molar-refractivity contribution is 0.598. The Hall–Kier alpha value is -1.31. The van der Waals surface area contributed by atoms with Crippen LogP contribution in [0.3, 0.4) is 0 Å². The molecule has 21 heavy (non-hydrogen) atoms. The summed E-state index contributed by atoms with van der Waals surface area (Å²) in [6.07, 6.45) is 1.12. The van der Waals surface area contributed by atoms with E-state index in [9.17, 15) is 0 Å². The molecule has 0 bridgehead atoms. The molecule has 0 saturated carbocycles. The number of hydrogen-bond donors (Lipinski definition) is 1. The largest absolute Gasteiger partial charge is 0.306 e. The summed E-state index contributed by atoms with van der Waals surface area (Å²) in [5, 5.41) is 4.48. The highest BCUT2D eigenvalue weighted by Gasteiger charge is 2.14. The van der Waals surface area contributed by atoms with Crippen molar-refractivity contribution in [1.82, 2.24) is 5.32 Å². The molecule has 0 fully saturated rings. The van der Waals surface area contributed by atoms with Crippen molar-refractivity contribution in [3.05, 3.63) is 69.2 Å². The second-order valence-electron chi connectivity index (χ2n) is 5.74. The van der Waals surface area contributed by atoms with Crippen LogP contribution in [-0.2, 0) is 0 Å². The van der Waals surface area contributed by atoms with Gasteiger partial charge in [-0.1, -0.05) is 48.9 Å². The molecule has 0 aromatic heterocycles. The van der Waals surface area contributed by atoms with Gasteiger partial charge in [0.05, 0.1) is 6.04 Å². The van der Waals surface area contributed by atoms with Crippen LogP contribution in [0.15, 0.2) is 36.4 Å². The molecule has 0 amide bonds. The Morgan fingerprint density at radius 2 is 1.52 bits per heavy atom. The first-order valence-electron chi connectivity index (χ1n) is 7.59. The lowest BCUT2D eigenvalue weighted by atomic mass is 9.94. The summed E-state index contributed by atoms with van der Waals surface area (Å²) in [4.78, 5) is 0. The first kappa shape index (κ1) is 16.1. The van der Waals surface area contributed by atoms with Crippen molar-refractivity contribution in [1.29, 1.82) is 0 Å². The summed E-state index contributed by atoms with van der Waals surface area (Å²) in [5.41, 5.74) is 6.38. The maximum Gasteiger partial charge on any atom is 0.0576 e. The van der Waals surface area contributed by atoms with Gasteiger partial charge in [0.2, 0.25) is 0 Å². The van der Waals surface area contributed by atoms with Crippen LogP contribution in [0.25, 0.3) is 0 Å². The molecule has 1 atom stereocenters. The lowest BCUT2D eigenvalue weighted by Crippen LogP contribution is -2.23. The zero-order valence-corrected chi connectivity index (χ0v) is 14.1. The number of halogens is 1. The Balaban J connectivity index is 2.41. The van der Waals surface area contributed by atoms with E-state index in [2.05, 4.69) is 63.3 Å². The molecule has 0 aliphatic carbocycles. The Bertz CT molecular complexity index is 567. The van der Waals surface area contributed by atoms with Crippen molar-refractivity contribution in [2.45, 2.75) is 40.2 Å². The molecule has 2 rings (SSSR count). The smallest absolute Gasteiger partial charge is 0.0576 e. The minimum absolute atomic E-state index is 0.222. The maximum atomic E-state index is 6.16. The summed E-state index contributed by atoms with van der Waals surface area (Å²) in [6, 6.07) is 13.2. The van der Waals surface area contributed by atoms with Crippen LogP contribution in [0.2, 0.25) is 5.02 Å². The quantitative estimate of drug-likeness (QED) is 0.784. The molecule has 0 radical (unpaired) electrons. The molecule has 0 heterocycles. The van der Waals surface area contributed by atoms with Crippen LogP contribution in [0.5, 0.6) is 0 Å². The van der Waals surface area contributed by atoms with Crippen LogP contribution in [0, 0.1) is 20.8 Å². The summed E-state index contributed by atoms with van der Waals surface area (Å²) in [7, 11) is 0. The van der Waals surface area contributed by atoms with Gasteiger partial charge < -0.3 is 5.32 Å². The molecule has 0 saturated heterocycles. The number of hydrogen-bond acceptors (Lipinski definition) is 1. The monoisotopic (exact) mass is 301 g/mol. The SMILES string of the molecule is CCCNC(c1ccc(C)c(C)c1)c1ccc(Cl)c(C)c1. The highest BCUT2D eigenvalue weighted by Crippen LogP contribution is 2.27. The Morgan fingerprint density at radius 3 is 2.10 bits per heavy atom. The third-order valence-electron chi connectivity index (χ3n) is 3.98. The van der Waals surface area contributed by atoms with Crippen LogP contribution >= 0.6 is 11.6 Å². The highest BCUT2D eigenvalue weighted by molar-refractivity contribution is 6.31. The molecular formula is C19H24ClN. The van der Waals surface area contributed by atoms with Crippen LogP contribution in [0.1, 0.15) is 47.2 Å². The molecular weight excluding hydrogens is 278 g/mol. The second-order valence-corrected chi connectivity index (χ2v) is 6.15. The molecule has 0 aliphatic rings. The van der Waals surface area contributed by atoms with Gasteiger partial charge in [0.25, 0.3) is 0 Å². The van der Waals surface area contributed by atoms with Gasteiger partial charge in [0.1, 0.15) is 0 Å². The molecule has 2 aromatic carbocycles. The average Bonchev–Trinajstić information content (AvgIpc) is 2.46. The average molecular weight is 302 g/mol. The summed E-state index contributed by atoms with van der Waals surface area (Å²) >= 11 is 6.16. The first-order valence-corrected chi connectivity index (χ1v) is 7.97. The van der Waals surface area contributed by atoms with Crippen molar-refractivity contribution < 1.29 is 0 Å². The second kappa shape index (κ2) is 7.11. The van der Waals surface area contributed by atoms with Crippen LogP contribution < -0.4 is 5.32 Å². The third-order valence-corrected chi connectivity index (χ3v) is 4.40. The van der Waals surface area contributed by atoms with Crippen molar-refractivity contribution in [2.24, 2.45) is 0 Å². The van der Waals surface area contributed by atoms with Gasteiger partial charge in [-0.2, -0.15) is 0 Å². The van der Waals surface area contributed by atoms with E-state index in [0.717, 1.165) is 23.6 Å². The topological polar surface area (TPSA) is 12.0 Å². The van der Waals surface area contributed by atoms with E-state index >= 15 is 0 Å². The van der Waals surface area contributed by atoms with Gasteiger partial charge in [-0.25, -0.2) is 0 Å². The first-order chi connectivity index (χ1) is 10.0. The van der Waals surface area contributed by atoms with Gasteiger partial charge in [-0.05, 0) is 67.6 Å². The zero-order valence-electron chi connectivity index (χ0n) is 13.3. The molecule has 2 heteroatoms.